The molecule has 0 N–H and O–H groups in total. The normalized spacial score (nSPS) is 10.3. The Morgan fingerprint density at radius 1 is 1.05 bits per heavy atom. The third-order valence-corrected chi connectivity index (χ3v) is 3.24. The monoisotopic (exact) mass is 250 g/mol. The van der Waals surface area contributed by atoms with E-state index in [2.05, 4.69) is 44.0 Å². The molecule has 0 aliphatic carbocycles. The van der Waals surface area contributed by atoms with Gasteiger partial charge in [0.1, 0.15) is 5.75 Å². The summed E-state index contributed by atoms with van der Waals surface area (Å²) in [5.41, 5.74) is 4.42. The molecule has 0 aromatic heterocycles. The highest BCUT2D eigenvalue weighted by Crippen LogP contribution is 2.28. The summed E-state index contributed by atoms with van der Waals surface area (Å²) in [6.45, 7) is 4.39. The predicted octanol–water partition coefficient (Wildman–Crippen LogP) is 4.47. The fraction of sp³-hybridized carbons (Fsp3) is 0.222. The van der Waals surface area contributed by atoms with Gasteiger partial charge in [-0.15, -0.1) is 6.42 Å². The largest absolute Gasteiger partial charge is 0.495 e. The first kappa shape index (κ1) is 13.2. The van der Waals surface area contributed by atoms with Crippen molar-refractivity contribution in [3.63, 3.8) is 0 Å². The van der Waals surface area contributed by atoms with E-state index < -0.39 is 0 Å². The van der Waals surface area contributed by atoms with Gasteiger partial charge in [0.2, 0.25) is 0 Å². The van der Waals surface area contributed by atoms with Crippen molar-refractivity contribution in [1.29, 1.82) is 0 Å². The molecule has 0 fully saturated rings. The van der Waals surface area contributed by atoms with Crippen molar-refractivity contribution in [2.45, 2.75) is 19.8 Å². The van der Waals surface area contributed by atoms with E-state index in [4.69, 9.17) is 11.2 Å². The molecule has 19 heavy (non-hydrogen) atoms. The maximum Gasteiger partial charge on any atom is 0.134 e. The zero-order valence-electron chi connectivity index (χ0n) is 11.6. The quantitative estimate of drug-likeness (QED) is 0.730. The average molecular weight is 250 g/mol. The average Bonchev–Trinajstić information content (AvgIpc) is 2.46. The molecule has 0 saturated carbocycles. The molecule has 0 atom stereocenters. The summed E-state index contributed by atoms with van der Waals surface area (Å²) in [6.07, 6.45) is 5.52. The van der Waals surface area contributed by atoms with Crippen LogP contribution in [0.25, 0.3) is 11.1 Å². The molecule has 0 bridgehead atoms. The number of rotatable bonds is 3. The van der Waals surface area contributed by atoms with Crippen LogP contribution in [0.3, 0.4) is 0 Å². The van der Waals surface area contributed by atoms with Gasteiger partial charge in [0, 0.05) is 0 Å². The SMILES string of the molecule is C#Cc1cc(-c2cccc(C(C)C)c2)ccc1OC. The third-order valence-electron chi connectivity index (χ3n) is 3.24. The van der Waals surface area contributed by atoms with Gasteiger partial charge >= 0.3 is 0 Å². The summed E-state index contributed by atoms with van der Waals surface area (Å²) in [6, 6.07) is 14.5. The Morgan fingerprint density at radius 2 is 1.79 bits per heavy atom. The third kappa shape index (κ3) is 2.80. The number of hydrogen-bond acceptors (Lipinski definition) is 1. The van der Waals surface area contributed by atoms with Crippen molar-refractivity contribution < 1.29 is 4.74 Å². The van der Waals surface area contributed by atoms with Crippen LogP contribution < -0.4 is 4.74 Å². The Labute approximate surface area is 115 Å². The number of methoxy groups -OCH3 is 1. The Hall–Kier alpha value is -2.20. The van der Waals surface area contributed by atoms with Crippen LogP contribution in [0.5, 0.6) is 5.75 Å². The summed E-state index contributed by atoms with van der Waals surface area (Å²) in [4.78, 5) is 0. The smallest absolute Gasteiger partial charge is 0.134 e. The molecule has 2 rings (SSSR count). The van der Waals surface area contributed by atoms with Gasteiger partial charge in [0.15, 0.2) is 0 Å². The van der Waals surface area contributed by atoms with Gasteiger partial charge in [0.05, 0.1) is 12.7 Å². The van der Waals surface area contributed by atoms with Crippen LogP contribution in [0.4, 0.5) is 0 Å². The predicted molar refractivity (Wildman–Crippen MR) is 80.5 cm³/mol. The molecule has 0 radical (unpaired) electrons. The maximum absolute atomic E-state index is 5.52. The fourth-order valence-corrected chi connectivity index (χ4v) is 2.08. The standard InChI is InChI=1S/C18H18O/c1-5-14-11-17(9-10-18(14)19-4)16-8-6-7-15(12-16)13(2)3/h1,6-13H,2-4H3. The summed E-state index contributed by atoms with van der Waals surface area (Å²) in [7, 11) is 1.63. The van der Waals surface area contributed by atoms with Crippen LogP contribution in [0, 0.1) is 12.3 Å². The molecule has 0 amide bonds. The second kappa shape index (κ2) is 5.63. The van der Waals surface area contributed by atoms with Crippen LogP contribution in [0.1, 0.15) is 30.9 Å². The fourth-order valence-electron chi connectivity index (χ4n) is 2.08. The molecule has 2 aromatic carbocycles. The zero-order valence-corrected chi connectivity index (χ0v) is 11.6. The van der Waals surface area contributed by atoms with Crippen molar-refractivity contribution in [3.8, 4) is 29.2 Å². The second-order valence-electron chi connectivity index (χ2n) is 4.84. The minimum absolute atomic E-state index is 0.519. The molecule has 0 spiro atoms. The lowest BCUT2D eigenvalue weighted by Gasteiger charge is -2.10. The lowest BCUT2D eigenvalue weighted by atomic mass is 9.96. The molecule has 0 saturated heterocycles. The first-order valence-corrected chi connectivity index (χ1v) is 6.40. The van der Waals surface area contributed by atoms with Crippen LogP contribution >= 0.6 is 0 Å². The first-order chi connectivity index (χ1) is 9.15. The van der Waals surface area contributed by atoms with Crippen molar-refractivity contribution in [2.24, 2.45) is 0 Å². The molecule has 96 valence electrons. The highest BCUT2D eigenvalue weighted by Gasteiger charge is 2.06. The van der Waals surface area contributed by atoms with Crippen molar-refractivity contribution >= 4 is 0 Å². The lowest BCUT2D eigenvalue weighted by molar-refractivity contribution is 0.413. The molecule has 0 heterocycles. The van der Waals surface area contributed by atoms with E-state index in [9.17, 15) is 0 Å². The molecular formula is C18H18O. The van der Waals surface area contributed by atoms with Gasteiger partial charge in [-0.1, -0.05) is 50.1 Å². The molecule has 0 aliphatic rings. The number of terminal acetylenes is 1. The van der Waals surface area contributed by atoms with Gasteiger partial charge in [0.25, 0.3) is 0 Å². The number of benzene rings is 2. The highest BCUT2D eigenvalue weighted by molar-refractivity contribution is 5.68. The summed E-state index contributed by atoms with van der Waals surface area (Å²) in [5.74, 6) is 3.93. The van der Waals surface area contributed by atoms with Crippen LogP contribution in [-0.4, -0.2) is 7.11 Å². The molecule has 0 unspecified atom stereocenters. The summed E-state index contributed by atoms with van der Waals surface area (Å²) in [5, 5.41) is 0. The molecule has 2 aromatic rings. The molecular weight excluding hydrogens is 232 g/mol. The Balaban J connectivity index is 2.48. The molecule has 1 heteroatoms. The van der Waals surface area contributed by atoms with E-state index in [1.807, 2.05) is 18.2 Å². The van der Waals surface area contributed by atoms with E-state index in [0.717, 1.165) is 16.9 Å². The Morgan fingerprint density at radius 3 is 2.42 bits per heavy atom. The van der Waals surface area contributed by atoms with E-state index >= 15 is 0 Å². The van der Waals surface area contributed by atoms with Crippen molar-refractivity contribution in [2.75, 3.05) is 7.11 Å². The van der Waals surface area contributed by atoms with E-state index in [0.29, 0.717) is 5.92 Å². The van der Waals surface area contributed by atoms with Crippen LogP contribution in [-0.2, 0) is 0 Å². The van der Waals surface area contributed by atoms with E-state index in [1.54, 1.807) is 7.11 Å². The topological polar surface area (TPSA) is 9.23 Å². The summed E-state index contributed by atoms with van der Waals surface area (Å²) >= 11 is 0. The Bertz CT molecular complexity index is 618. The van der Waals surface area contributed by atoms with Crippen molar-refractivity contribution in [1.82, 2.24) is 0 Å². The minimum Gasteiger partial charge on any atom is -0.495 e. The second-order valence-corrected chi connectivity index (χ2v) is 4.84. The van der Waals surface area contributed by atoms with Gasteiger partial charge in [-0.3, -0.25) is 0 Å². The highest BCUT2D eigenvalue weighted by atomic mass is 16.5. The van der Waals surface area contributed by atoms with E-state index in [1.165, 1.54) is 11.1 Å². The van der Waals surface area contributed by atoms with Crippen LogP contribution in [0.2, 0.25) is 0 Å². The summed E-state index contributed by atoms with van der Waals surface area (Å²) < 4.78 is 5.25. The van der Waals surface area contributed by atoms with Crippen LogP contribution in [0.15, 0.2) is 42.5 Å². The van der Waals surface area contributed by atoms with Gasteiger partial charge in [-0.25, -0.2) is 0 Å². The van der Waals surface area contributed by atoms with Crippen molar-refractivity contribution in [3.05, 3.63) is 53.6 Å². The number of hydrogen-bond donors (Lipinski definition) is 0. The number of ether oxygens (including phenoxy) is 1. The lowest BCUT2D eigenvalue weighted by Crippen LogP contribution is -1.90. The Kier molecular flexibility index (Phi) is 3.92. The van der Waals surface area contributed by atoms with E-state index in [-0.39, 0.29) is 0 Å². The zero-order chi connectivity index (χ0) is 13.8. The van der Waals surface area contributed by atoms with Gasteiger partial charge in [-0.05, 0) is 34.7 Å². The van der Waals surface area contributed by atoms with Gasteiger partial charge in [-0.2, -0.15) is 0 Å². The molecule has 1 nitrogen and oxygen atoms in total. The first-order valence-electron chi connectivity index (χ1n) is 6.40. The van der Waals surface area contributed by atoms with Gasteiger partial charge < -0.3 is 4.74 Å². The molecule has 0 aliphatic heterocycles. The minimum atomic E-state index is 0.519. The maximum atomic E-state index is 5.52.